The maximum atomic E-state index is 13.4. The Bertz CT molecular complexity index is 961. The fourth-order valence-electron chi connectivity index (χ4n) is 5.75. The minimum Gasteiger partial charge on any atom is -0.406 e. The molecule has 0 radical (unpaired) electrons. The average Bonchev–Trinajstić information content (AvgIpc) is 2.78. The van der Waals surface area contributed by atoms with E-state index >= 15 is 0 Å². The zero-order valence-electron chi connectivity index (χ0n) is 18.8. The van der Waals surface area contributed by atoms with Crippen LogP contribution in [0.25, 0.3) is 0 Å². The van der Waals surface area contributed by atoms with Crippen LogP contribution >= 0.6 is 0 Å². The molecule has 0 bridgehead atoms. The summed E-state index contributed by atoms with van der Waals surface area (Å²) in [7, 11) is -3.98. The fraction of sp³-hybridized carbons (Fsp3) is 0.696. The Balaban J connectivity index is 1.40. The van der Waals surface area contributed by atoms with E-state index in [9.17, 15) is 26.4 Å². The number of fused-ring (bicyclic) bond motifs is 1. The first-order valence-electron chi connectivity index (χ1n) is 11.7. The zero-order valence-corrected chi connectivity index (χ0v) is 19.6. The van der Waals surface area contributed by atoms with E-state index in [1.807, 2.05) is 0 Å². The molecule has 3 fully saturated rings. The average molecular weight is 489 g/mol. The standard InChI is InChI=1S/C23H31F3N2O4S/c1-16-9-14-28(21-8-3-2-7-20(16)21)22(29)17-10-12-27(13-11-17)33(30,31)19-6-4-5-18(15-19)32-23(24,25)26/h4-6,15-17,20-21H,2-3,7-14H2,1H3. The van der Waals surface area contributed by atoms with Crippen LogP contribution in [0.1, 0.15) is 51.9 Å². The number of carbonyl (C=O) groups excluding carboxylic acids is 1. The van der Waals surface area contributed by atoms with Crippen molar-refractivity contribution in [2.24, 2.45) is 17.8 Å². The lowest BCUT2D eigenvalue weighted by Crippen LogP contribution is -2.55. The summed E-state index contributed by atoms with van der Waals surface area (Å²) in [6.07, 6.45) is 1.53. The van der Waals surface area contributed by atoms with Crippen LogP contribution in [0.15, 0.2) is 29.2 Å². The predicted molar refractivity (Wildman–Crippen MR) is 116 cm³/mol. The monoisotopic (exact) mass is 488 g/mol. The van der Waals surface area contributed by atoms with Gasteiger partial charge in [0.1, 0.15) is 5.75 Å². The number of sulfonamides is 1. The van der Waals surface area contributed by atoms with Crippen LogP contribution < -0.4 is 4.74 Å². The summed E-state index contributed by atoms with van der Waals surface area (Å²) >= 11 is 0. The number of halogens is 3. The lowest BCUT2D eigenvalue weighted by Gasteiger charge is -2.48. The number of rotatable bonds is 4. The third-order valence-corrected chi connectivity index (χ3v) is 9.40. The van der Waals surface area contributed by atoms with E-state index in [-0.39, 0.29) is 29.8 Å². The van der Waals surface area contributed by atoms with Gasteiger partial charge in [0.05, 0.1) is 4.90 Å². The molecule has 1 aromatic carbocycles. The molecule has 0 spiro atoms. The van der Waals surface area contributed by atoms with Crippen molar-refractivity contribution in [3.63, 3.8) is 0 Å². The van der Waals surface area contributed by atoms with Gasteiger partial charge in [-0.1, -0.05) is 25.8 Å². The van der Waals surface area contributed by atoms with Crippen LogP contribution in [0.3, 0.4) is 0 Å². The highest BCUT2D eigenvalue weighted by molar-refractivity contribution is 7.89. The third kappa shape index (κ3) is 5.31. The zero-order chi connectivity index (χ0) is 23.8. The van der Waals surface area contributed by atoms with E-state index in [1.54, 1.807) is 0 Å². The van der Waals surface area contributed by atoms with Crippen molar-refractivity contribution in [2.45, 2.75) is 69.2 Å². The topological polar surface area (TPSA) is 66.9 Å². The predicted octanol–water partition coefficient (Wildman–Crippen LogP) is 4.41. The van der Waals surface area contributed by atoms with Gasteiger partial charge in [0.25, 0.3) is 0 Å². The summed E-state index contributed by atoms with van der Waals surface area (Å²) in [6, 6.07) is 4.73. The molecule has 6 nitrogen and oxygen atoms in total. The lowest BCUT2D eigenvalue weighted by atomic mass is 9.72. The van der Waals surface area contributed by atoms with E-state index < -0.39 is 22.1 Å². The van der Waals surface area contributed by atoms with Gasteiger partial charge in [-0.05, 0) is 56.1 Å². The highest BCUT2D eigenvalue weighted by atomic mass is 32.2. The highest BCUT2D eigenvalue weighted by Crippen LogP contribution is 2.40. The second kappa shape index (κ2) is 9.44. The van der Waals surface area contributed by atoms with Crippen molar-refractivity contribution in [3.05, 3.63) is 24.3 Å². The number of piperidine rings is 2. The van der Waals surface area contributed by atoms with Gasteiger partial charge in [-0.3, -0.25) is 4.79 Å². The second-order valence-electron chi connectivity index (χ2n) is 9.51. The molecule has 2 saturated heterocycles. The number of likely N-dealkylation sites (tertiary alicyclic amines) is 1. The van der Waals surface area contributed by atoms with Crippen molar-refractivity contribution >= 4 is 15.9 Å². The van der Waals surface area contributed by atoms with Gasteiger partial charge in [0, 0.05) is 37.7 Å². The van der Waals surface area contributed by atoms with Crippen LogP contribution in [0.5, 0.6) is 5.75 Å². The fourth-order valence-corrected chi connectivity index (χ4v) is 7.25. The molecule has 0 aromatic heterocycles. The summed E-state index contributed by atoms with van der Waals surface area (Å²) in [5.41, 5.74) is 0. The van der Waals surface area contributed by atoms with Crippen LogP contribution in [0.4, 0.5) is 13.2 Å². The Morgan fingerprint density at radius 2 is 1.73 bits per heavy atom. The quantitative estimate of drug-likeness (QED) is 0.630. The number of nitrogens with zero attached hydrogens (tertiary/aromatic N) is 2. The molecule has 0 N–H and O–H groups in total. The minimum atomic E-state index is -4.90. The maximum Gasteiger partial charge on any atom is 0.573 e. The molecule has 33 heavy (non-hydrogen) atoms. The SMILES string of the molecule is CC1CCN(C(=O)C2CCN(S(=O)(=O)c3cccc(OC(F)(F)F)c3)CC2)C2CCCCC12. The summed E-state index contributed by atoms with van der Waals surface area (Å²) in [5.74, 6) is 0.533. The molecule has 1 aliphatic carbocycles. The molecular formula is C23H31F3N2O4S. The number of hydrogen-bond donors (Lipinski definition) is 0. The molecule has 10 heteroatoms. The molecule has 3 aliphatic rings. The lowest BCUT2D eigenvalue weighted by molar-refractivity contribution is -0.274. The first-order valence-corrected chi connectivity index (χ1v) is 13.2. The smallest absolute Gasteiger partial charge is 0.406 e. The van der Waals surface area contributed by atoms with E-state index in [4.69, 9.17) is 0 Å². The molecular weight excluding hydrogens is 457 g/mol. The molecule has 2 heterocycles. The van der Waals surface area contributed by atoms with Gasteiger partial charge < -0.3 is 9.64 Å². The third-order valence-electron chi connectivity index (χ3n) is 7.50. The van der Waals surface area contributed by atoms with E-state index in [0.29, 0.717) is 30.7 Å². The number of amides is 1. The van der Waals surface area contributed by atoms with Crippen molar-refractivity contribution in [3.8, 4) is 5.75 Å². The first kappa shape index (κ1) is 24.3. The number of ether oxygens (including phenoxy) is 1. The maximum absolute atomic E-state index is 13.4. The van der Waals surface area contributed by atoms with Gasteiger partial charge in [-0.2, -0.15) is 4.31 Å². The number of benzene rings is 1. The van der Waals surface area contributed by atoms with Gasteiger partial charge in [0.2, 0.25) is 15.9 Å². The number of alkyl halides is 3. The van der Waals surface area contributed by atoms with Gasteiger partial charge in [0.15, 0.2) is 0 Å². The largest absolute Gasteiger partial charge is 0.573 e. The van der Waals surface area contributed by atoms with E-state index in [0.717, 1.165) is 37.9 Å². The van der Waals surface area contributed by atoms with Crippen LogP contribution in [0.2, 0.25) is 0 Å². The molecule has 1 amide bonds. The van der Waals surface area contributed by atoms with Crippen molar-refractivity contribution in [2.75, 3.05) is 19.6 Å². The Labute approximate surface area is 193 Å². The van der Waals surface area contributed by atoms with Crippen LogP contribution in [0, 0.1) is 17.8 Å². The van der Waals surface area contributed by atoms with E-state index in [2.05, 4.69) is 16.6 Å². The summed E-state index contributed by atoms with van der Waals surface area (Å²) in [4.78, 5) is 15.2. The van der Waals surface area contributed by atoms with Crippen LogP contribution in [-0.4, -0.2) is 55.6 Å². The Kier molecular flexibility index (Phi) is 6.96. The molecule has 4 rings (SSSR count). The normalized spacial score (nSPS) is 27.8. The molecule has 3 unspecified atom stereocenters. The van der Waals surface area contributed by atoms with Gasteiger partial charge in [-0.15, -0.1) is 13.2 Å². The van der Waals surface area contributed by atoms with Gasteiger partial charge in [-0.25, -0.2) is 8.42 Å². The van der Waals surface area contributed by atoms with E-state index in [1.165, 1.54) is 29.3 Å². The molecule has 3 atom stereocenters. The summed E-state index contributed by atoms with van der Waals surface area (Å²) in [5, 5.41) is 0. The molecule has 2 aliphatic heterocycles. The van der Waals surface area contributed by atoms with Crippen LogP contribution in [-0.2, 0) is 14.8 Å². The minimum absolute atomic E-state index is 0.136. The summed E-state index contributed by atoms with van der Waals surface area (Å²) < 4.78 is 68.6. The second-order valence-corrected chi connectivity index (χ2v) is 11.5. The molecule has 1 aromatic rings. The highest BCUT2D eigenvalue weighted by Gasteiger charge is 2.42. The van der Waals surface area contributed by atoms with Crippen molar-refractivity contribution in [1.82, 2.24) is 9.21 Å². The van der Waals surface area contributed by atoms with Gasteiger partial charge >= 0.3 is 6.36 Å². The molecule has 184 valence electrons. The number of hydrogen-bond acceptors (Lipinski definition) is 4. The van der Waals surface area contributed by atoms with Crippen molar-refractivity contribution in [1.29, 1.82) is 0 Å². The summed E-state index contributed by atoms with van der Waals surface area (Å²) in [6.45, 7) is 3.39. The number of carbonyl (C=O) groups is 1. The van der Waals surface area contributed by atoms with Crippen molar-refractivity contribution < 1.29 is 31.1 Å². The Morgan fingerprint density at radius 3 is 2.42 bits per heavy atom. The molecule has 1 saturated carbocycles. The first-order chi connectivity index (χ1) is 15.6. The Hall–Kier alpha value is -1.81. The Morgan fingerprint density at radius 1 is 1.03 bits per heavy atom.